The van der Waals surface area contributed by atoms with Gasteiger partial charge in [0.15, 0.2) is 0 Å². The standard InChI is InChI=1S/C14H19N3O2S/c1-10(19-3)11-5-4-6-12(9-11)15-14-16-13(17-20-14)7-8-18-2/h4-6,9-10H,7-8H2,1-3H3,(H,15,16,17). The highest BCUT2D eigenvalue weighted by Crippen LogP contribution is 2.23. The maximum absolute atomic E-state index is 5.32. The number of ether oxygens (including phenoxy) is 2. The van der Waals surface area contributed by atoms with Crippen LogP contribution in [0.25, 0.3) is 0 Å². The van der Waals surface area contributed by atoms with Crippen molar-refractivity contribution in [3.8, 4) is 0 Å². The van der Waals surface area contributed by atoms with E-state index in [1.54, 1.807) is 14.2 Å². The molecule has 20 heavy (non-hydrogen) atoms. The minimum Gasteiger partial charge on any atom is -0.384 e. The molecule has 1 N–H and O–H groups in total. The Balaban J connectivity index is 2.04. The molecule has 0 aliphatic carbocycles. The van der Waals surface area contributed by atoms with E-state index in [9.17, 15) is 0 Å². The fourth-order valence-electron chi connectivity index (χ4n) is 1.73. The van der Waals surface area contributed by atoms with Crippen LogP contribution >= 0.6 is 11.5 Å². The summed E-state index contributed by atoms with van der Waals surface area (Å²) in [6, 6.07) is 8.11. The summed E-state index contributed by atoms with van der Waals surface area (Å²) in [6.45, 7) is 2.66. The first-order chi connectivity index (χ1) is 9.72. The number of nitrogens with zero attached hydrogens (tertiary/aromatic N) is 2. The molecule has 1 unspecified atom stereocenters. The summed E-state index contributed by atoms with van der Waals surface area (Å²) in [4.78, 5) is 4.42. The number of methoxy groups -OCH3 is 2. The van der Waals surface area contributed by atoms with Crippen LogP contribution in [0.5, 0.6) is 0 Å². The molecular weight excluding hydrogens is 274 g/mol. The minimum absolute atomic E-state index is 0.0726. The second-order valence-corrected chi connectivity index (χ2v) is 5.14. The van der Waals surface area contributed by atoms with Crippen LogP contribution in [0.3, 0.4) is 0 Å². The van der Waals surface area contributed by atoms with Crippen molar-refractivity contribution in [3.63, 3.8) is 0 Å². The molecule has 0 amide bonds. The minimum atomic E-state index is 0.0726. The van der Waals surface area contributed by atoms with Crippen molar-refractivity contribution in [1.29, 1.82) is 0 Å². The lowest BCUT2D eigenvalue weighted by atomic mass is 10.1. The molecule has 1 atom stereocenters. The molecule has 2 rings (SSSR count). The van der Waals surface area contributed by atoms with Gasteiger partial charge in [0.2, 0.25) is 5.13 Å². The van der Waals surface area contributed by atoms with Gasteiger partial charge in [0.05, 0.1) is 12.7 Å². The molecule has 6 heteroatoms. The van der Waals surface area contributed by atoms with Gasteiger partial charge in [-0.3, -0.25) is 0 Å². The van der Waals surface area contributed by atoms with E-state index in [2.05, 4.69) is 20.7 Å². The van der Waals surface area contributed by atoms with Crippen molar-refractivity contribution in [2.75, 3.05) is 26.1 Å². The molecule has 1 aromatic carbocycles. The molecule has 1 aromatic heterocycles. The lowest BCUT2D eigenvalue weighted by molar-refractivity contribution is 0.119. The van der Waals surface area contributed by atoms with Crippen molar-refractivity contribution in [2.24, 2.45) is 0 Å². The summed E-state index contributed by atoms with van der Waals surface area (Å²) >= 11 is 1.36. The SMILES string of the molecule is COCCc1nsc(Nc2cccc(C(C)OC)c2)n1. The number of rotatable bonds is 7. The number of anilines is 2. The Morgan fingerprint density at radius 2 is 2.20 bits per heavy atom. The second kappa shape index (κ2) is 7.33. The van der Waals surface area contributed by atoms with Crippen LogP contribution in [0.2, 0.25) is 0 Å². The van der Waals surface area contributed by atoms with E-state index in [0.29, 0.717) is 6.61 Å². The highest BCUT2D eigenvalue weighted by atomic mass is 32.1. The smallest absolute Gasteiger partial charge is 0.207 e. The molecule has 0 aliphatic rings. The molecule has 0 fully saturated rings. The lowest BCUT2D eigenvalue weighted by Gasteiger charge is -2.11. The van der Waals surface area contributed by atoms with E-state index in [0.717, 1.165) is 28.6 Å². The largest absolute Gasteiger partial charge is 0.384 e. The van der Waals surface area contributed by atoms with Gasteiger partial charge in [0.25, 0.3) is 0 Å². The van der Waals surface area contributed by atoms with Crippen LogP contribution in [0.1, 0.15) is 24.4 Å². The van der Waals surface area contributed by atoms with Crippen molar-refractivity contribution >= 4 is 22.4 Å². The number of aromatic nitrogens is 2. The van der Waals surface area contributed by atoms with Gasteiger partial charge in [0, 0.05) is 37.9 Å². The molecule has 0 spiro atoms. The average molecular weight is 293 g/mol. The Hall–Kier alpha value is -1.50. The summed E-state index contributed by atoms with van der Waals surface area (Å²) in [5, 5.41) is 4.06. The van der Waals surface area contributed by atoms with Crippen LogP contribution in [-0.4, -0.2) is 30.2 Å². The molecule has 5 nitrogen and oxygen atoms in total. The summed E-state index contributed by atoms with van der Waals surface area (Å²) in [5.41, 5.74) is 2.11. The first-order valence-corrected chi connectivity index (χ1v) is 7.21. The Morgan fingerprint density at radius 1 is 1.35 bits per heavy atom. The molecular formula is C14H19N3O2S. The van der Waals surface area contributed by atoms with Crippen molar-refractivity contribution in [1.82, 2.24) is 9.36 Å². The molecule has 108 valence electrons. The van der Waals surface area contributed by atoms with Crippen LogP contribution in [-0.2, 0) is 15.9 Å². The average Bonchev–Trinajstić information content (AvgIpc) is 2.92. The number of nitrogens with one attached hydrogen (secondary N) is 1. The van der Waals surface area contributed by atoms with Gasteiger partial charge in [-0.2, -0.15) is 4.37 Å². The van der Waals surface area contributed by atoms with Crippen molar-refractivity contribution < 1.29 is 9.47 Å². The van der Waals surface area contributed by atoms with Crippen LogP contribution in [0.15, 0.2) is 24.3 Å². The van der Waals surface area contributed by atoms with E-state index >= 15 is 0 Å². The molecule has 0 saturated heterocycles. The van der Waals surface area contributed by atoms with Gasteiger partial charge in [-0.15, -0.1) is 0 Å². The van der Waals surface area contributed by atoms with E-state index in [1.807, 2.05) is 25.1 Å². The molecule has 0 aliphatic heterocycles. The fraction of sp³-hybridized carbons (Fsp3) is 0.429. The van der Waals surface area contributed by atoms with Crippen LogP contribution < -0.4 is 5.32 Å². The van der Waals surface area contributed by atoms with Crippen LogP contribution in [0.4, 0.5) is 10.8 Å². The zero-order chi connectivity index (χ0) is 14.4. The van der Waals surface area contributed by atoms with Gasteiger partial charge in [-0.25, -0.2) is 4.98 Å². The molecule has 1 heterocycles. The summed E-state index contributed by atoms with van der Waals surface area (Å²) < 4.78 is 14.6. The van der Waals surface area contributed by atoms with Crippen molar-refractivity contribution in [3.05, 3.63) is 35.7 Å². The van der Waals surface area contributed by atoms with Gasteiger partial charge < -0.3 is 14.8 Å². The predicted octanol–water partition coefficient (Wildman–Crippen LogP) is 3.18. The maximum Gasteiger partial charge on any atom is 0.207 e. The predicted molar refractivity (Wildman–Crippen MR) is 80.6 cm³/mol. The second-order valence-electron chi connectivity index (χ2n) is 4.39. The van der Waals surface area contributed by atoms with E-state index in [4.69, 9.17) is 9.47 Å². The van der Waals surface area contributed by atoms with Gasteiger partial charge in [0.1, 0.15) is 5.82 Å². The van der Waals surface area contributed by atoms with Gasteiger partial charge in [-0.05, 0) is 24.6 Å². The van der Waals surface area contributed by atoms with Crippen LogP contribution in [0, 0.1) is 0 Å². The molecule has 0 bridgehead atoms. The number of hydrogen-bond donors (Lipinski definition) is 1. The summed E-state index contributed by atoms with van der Waals surface area (Å²) in [5.74, 6) is 0.806. The van der Waals surface area contributed by atoms with E-state index < -0.39 is 0 Å². The van der Waals surface area contributed by atoms with Crippen molar-refractivity contribution in [2.45, 2.75) is 19.4 Å². The number of benzene rings is 1. The maximum atomic E-state index is 5.32. The first kappa shape index (κ1) is 14.9. The fourth-order valence-corrected chi connectivity index (χ4v) is 2.36. The summed E-state index contributed by atoms with van der Waals surface area (Å²) in [7, 11) is 3.38. The third-order valence-corrected chi connectivity index (χ3v) is 3.63. The van der Waals surface area contributed by atoms with Gasteiger partial charge >= 0.3 is 0 Å². The number of hydrogen-bond acceptors (Lipinski definition) is 6. The normalized spacial score (nSPS) is 12.3. The zero-order valence-electron chi connectivity index (χ0n) is 11.9. The zero-order valence-corrected chi connectivity index (χ0v) is 12.7. The Labute approximate surface area is 123 Å². The van der Waals surface area contributed by atoms with E-state index in [-0.39, 0.29) is 6.10 Å². The lowest BCUT2D eigenvalue weighted by Crippen LogP contribution is -1.98. The Kier molecular flexibility index (Phi) is 5.46. The summed E-state index contributed by atoms with van der Waals surface area (Å²) in [6.07, 6.45) is 0.804. The first-order valence-electron chi connectivity index (χ1n) is 6.44. The highest BCUT2D eigenvalue weighted by molar-refractivity contribution is 7.09. The Morgan fingerprint density at radius 3 is 2.95 bits per heavy atom. The third kappa shape index (κ3) is 4.00. The Bertz CT molecular complexity index is 545. The van der Waals surface area contributed by atoms with Gasteiger partial charge in [-0.1, -0.05) is 12.1 Å². The molecule has 0 radical (unpaired) electrons. The topological polar surface area (TPSA) is 56.3 Å². The molecule has 0 saturated carbocycles. The van der Waals surface area contributed by atoms with E-state index in [1.165, 1.54) is 11.5 Å². The highest BCUT2D eigenvalue weighted by Gasteiger charge is 2.07. The monoisotopic (exact) mass is 293 g/mol. The molecule has 2 aromatic rings. The quantitative estimate of drug-likeness (QED) is 0.849. The third-order valence-electron chi connectivity index (χ3n) is 2.96.